The number of hydrogen-bond acceptors (Lipinski definition) is 2. The summed E-state index contributed by atoms with van der Waals surface area (Å²) in [6.45, 7) is 2.05. The Hall–Kier alpha value is -1.87. The fraction of sp³-hybridized carbons (Fsp3) is 0.250. The quantitative estimate of drug-likeness (QED) is 0.863. The molecule has 2 aromatic rings. The van der Waals surface area contributed by atoms with Gasteiger partial charge in [-0.05, 0) is 37.1 Å². The summed E-state index contributed by atoms with van der Waals surface area (Å²) in [6, 6.07) is 14.4. The summed E-state index contributed by atoms with van der Waals surface area (Å²) < 4.78 is 13.1. The number of rotatable bonds is 5. The molecule has 1 atom stereocenters. The second-order valence-corrected chi connectivity index (χ2v) is 4.69. The van der Waals surface area contributed by atoms with E-state index in [0.717, 1.165) is 23.2 Å². The lowest BCUT2D eigenvalue weighted by atomic mass is 10.1. The summed E-state index contributed by atoms with van der Waals surface area (Å²) in [5.41, 5.74) is 2.75. The average Bonchev–Trinajstić information content (AvgIpc) is 2.39. The third-order valence-corrected chi connectivity index (χ3v) is 3.02. The van der Waals surface area contributed by atoms with Gasteiger partial charge in [-0.2, -0.15) is 0 Å². The van der Waals surface area contributed by atoms with E-state index in [1.54, 1.807) is 12.1 Å². The van der Waals surface area contributed by atoms with Crippen molar-refractivity contribution in [1.82, 2.24) is 0 Å². The summed E-state index contributed by atoms with van der Waals surface area (Å²) >= 11 is 0. The van der Waals surface area contributed by atoms with Crippen LogP contribution < -0.4 is 5.32 Å². The van der Waals surface area contributed by atoms with E-state index in [-0.39, 0.29) is 18.5 Å². The Labute approximate surface area is 112 Å². The molecule has 2 nitrogen and oxygen atoms in total. The van der Waals surface area contributed by atoms with E-state index in [0.29, 0.717) is 0 Å². The molecular weight excluding hydrogens is 241 g/mol. The first-order valence-electron chi connectivity index (χ1n) is 6.39. The summed E-state index contributed by atoms with van der Waals surface area (Å²) in [7, 11) is 0. The maximum atomic E-state index is 13.1. The van der Waals surface area contributed by atoms with E-state index >= 15 is 0 Å². The molecule has 0 amide bonds. The molecule has 0 spiro atoms. The van der Waals surface area contributed by atoms with E-state index in [1.165, 1.54) is 6.07 Å². The summed E-state index contributed by atoms with van der Waals surface area (Å²) in [6.07, 6.45) is 0.734. The van der Waals surface area contributed by atoms with Crippen molar-refractivity contribution in [2.75, 3.05) is 5.32 Å². The van der Waals surface area contributed by atoms with E-state index in [2.05, 4.69) is 5.32 Å². The lowest BCUT2D eigenvalue weighted by Gasteiger charge is -2.17. The Bertz CT molecular complexity index is 542. The fourth-order valence-corrected chi connectivity index (χ4v) is 2.13. The van der Waals surface area contributed by atoms with Crippen molar-refractivity contribution in [1.29, 1.82) is 0 Å². The molecule has 0 aliphatic carbocycles. The molecule has 19 heavy (non-hydrogen) atoms. The molecule has 2 rings (SSSR count). The van der Waals surface area contributed by atoms with Crippen molar-refractivity contribution in [3.63, 3.8) is 0 Å². The molecule has 0 saturated heterocycles. The number of benzene rings is 2. The molecule has 0 fully saturated rings. The molecule has 0 radical (unpaired) electrons. The zero-order chi connectivity index (χ0) is 13.7. The minimum atomic E-state index is -0.208. The zero-order valence-corrected chi connectivity index (χ0v) is 10.9. The van der Waals surface area contributed by atoms with Crippen LogP contribution in [0.2, 0.25) is 0 Å². The number of hydrogen-bond donors (Lipinski definition) is 2. The van der Waals surface area contributed by atoms with Gasteiger partial charge in [-0.15, -0.1) is 0 Å². The van der Waals surface area contributed by atoms with Gasteiger partial charge in [0.25, 0.3) is 0 Å². The highest BCUT2D eigenvalue weighted by atomic mass is 19.1. The molecule has 0 heterocycles. The number of anilines is 1. The van der Waals surface area contributed by atoms with Gasteiger partial charge >= 0.3 is 0 Å². The Morgan fingerprint density at radius 1 is 1.16 bits per heavy atom. The first-order valence-corrected chi connectivity index (χ1v) is 6.39. The molecule has 0 aliphatic heterocycles. The van der Waals surface area contributed by atoms with Crippen molar-refractivity contribution in [3.8, 4) is 0 Å². The average molecular weight is 259 g/mol. The monoisotopic (exact) mass is 259 g/mol. The summed E-state index contributed by atoms with van der Waals surface area (Å²) in [5, 5.41) is 12.6. The highest BCUT2D eigenvalue weighted by Crippen LogP contribution is 2.17. The second kappa shape index (κ2) is 6.34. The zero-order valence-electron chi connectivity index (χ0n) is 10.9. The van der Waals surface area contributed by atoms with Crippen molar-refractivity contribution in [3.05, 3.63) is 65.5 Å². The molecule has 2 N–H and O–H groups in total. The van der Waals surface area contributed by atoms with Crippen LogP contribution in [0.3, 0.4) is 0 Å². The van der Waals surface area contributed by atoms with E-state index < -0.39 is 0 Å². The number of para-hydroxylation sites is 1. The lowest BCUT2D eigenvalue weighted by Crippen LogP contribution is -2.19. The molecular formula is C16H18FNO. The molecule has 0 bridgehead atoms. The largest absolute Gasteiger partial charge is 0.392 e. The molecule has 1 unspecified atom stereocenters. The van der Waals surface area contributed by atoms with Crippen LogP contribution in [0, 0.1) is 5.82 Å². The van der Waals surface area contributed by atoms with Gasteiger partial charge < -0.3 is 10.4 Å². The van der Waals surface area contributed by atoms with Gasteiger partial charge in [-0.1, -0.05) is 30.3 Å². The topological polar surface area (TPSA) is 32.3 Å². The van der Waals surface area contributed by atoms with Crippen molar-refractivity contribution < 1.29 is 9.50 Å². The number of halogens is 1. The highest BCUT2D eigenvalue weighted by Gasteiger charge is 2.07. The Kier molecular flexibility index (Phi) is 4.53. The predicted octanol–water partition coefficient (Wildman–Crippen LogP) is 3.36. The van der Waals surface area contributed by atoms with Crippen molar-refractivity contribution in [2.24, 2.45) is 0 Å². The SMILES string of the molecule is CC(Cc1cccc(F)c1)Nc1ccccc1CO. The maximum absolute atomic E-state index is 13.1. The van der Waals surface area contributed by atoms with Crippen LogP contribution in [0.5, 0.6) is 0 Å². The third-order valence-electron chi connectivity index (χ3n) is 3.02. The summed E-state index contributed by atoms with van der Waals surface area (Å²) in [5.74, 6) is -0.208. The van der Waals surface area contributed by atoms with Crippen molar-refractivity contribution >= 4 is 5.69 Å². The number of aliphatic hydroxyl groups excluding tert-OH is 1. The highest BCUT2D eigenvalue weighted by molar-refractivity contribution is 5.51. The molecule has 0 aliphatic rings. The predicted molar refractivity (Wildman–Crippen MR) is 75.6 cm³/mol. The molecule has 3 heteroatoms. The van der Waals surface area contributed by atoms with Gasteiger partial charge in [0.15, 0.2) is 0 Å². The van der Waals surface area contributed by atoms with Crippen LogP contribution >= 0.6 is 0 Å². The molecule has 0 aromatic heterocycles. The van der Waals surface area contributed by atoms with Gasteiger partial charge in [-0.3, -0.25) is 0 Å². The van der Waals surface area contributed by atoms with Gasteiger partial charge in [0.1, 0.15) is 5.82 Å². The second-order valence-electron chi connectivity index (χ2n) is 4.69. The molecule has 0 saturated carbocycles. The Balaban J connectivity index is 2.03. The van der Waals surface area contributed by atoms with Gasteiger partial charge in [0.05, 0.1) is 6.61 Å². The maximum Gasteiger partial charge on any atom is 0.123 e. The van der Waals surface area contributed by atoms with E-state index in [1.807, 2.05) is 37.3 Å². The Morgan fingerprint density at radius 3 is 2.68 bits per heavy atom. The first kappa shape index (κ1) is 13.6. The first-order chi connectivity index (χ1) is 9.19. The Morgan fingerprint density at radius 2 is 1.95 bits per heavy atom. The lowest BCUT2D eigenvalue weighted by molar-refractivity contribution is 0.282. The van der Waals surface area contributed by atoms with E-state index in [4.69, 9.17) is 0 Å². The van der Waals surface area contributed by atoms with Crippen LogP contribution in [0.4, 0.5) is 10.1 Å². The van der Waals surface area contributed by atoms with E-state index in [9.17, 15) is 9.50 Å². The number of aliphatic hydroxyl groups is 1. The van der Waals surface area contributed by atoms with Gasteiger partial charge in [0, 0.05) is 17.3 Å². The fourth-order valence-electron chi connectivity index (χ4n) is 2.13. The summed E-state index contributed by atoms with van der Waals surface area (Å²) in [4.78, 5) is 0. The standard InChI is InChI=1S/C16H18FNO/c1-12(9-13-5-4-7-15(17)10-13)18-16-8-3-2-6-14(16)11-19/h2-8,10,12,18-19H,9,11H2,1H3. The van der Waals surface area contributed by atoms with Crippen LogP contribution in [0.1, 0.15) is 18.1 Å². The smallest absolute Gasteiger partial charge is 0.123 e. The normalized spacial score (nSPS) is 12.2. The molecule has 100 valence electrons. The number of nitrogens with one attached hydrogen (secondary N) is 1. The minimum Gasteiger partial charge on any atom is -0.392 e. The minimum absolute atomic E-state index is 0.00978. The van der Waals surface area contributed by atoms with Crippen LogP contribution in [0.25, 0.3) is 0 Å². The van der Waals surface area contributed by atoms with Gasteiger partial charge in [-0.25, -0.2) is 4.39 Å². The van der Waals surface area contributed by atoms with Crippen LogP contribution in [-0.4, -0.2) is 11.1 Å². The van der Waals surface area contributed by atoms with Crippen molar-refractivity contribution in [2.45, 2.75) is 26.0 Å². The third kappa shape index (κ3) is 3.80. The van der Waals surface area contributed by atoms with Crippen LogP contribution in [0.15, 0.2) is 48.5 Å². The molecule has 2 aromatic carbocycles. The van der Waals surface area contributed by atoms with Crippen LogP contribution in [-0.2, 0) is 13.0 Å². The van der Waals surface area contributed by atoms with Gasteiger partial charge in [0.2, 0.25) is 0 Å².